The van der Waals surface area contributed by atoms with E-state index in [1.807, 2.05) is 0 Å². The first-order valence-corrected chi connectivity index (χ1v) is 4.45. The van der Waals surface area contributed by atoms with E-state index in [-0.39, 0.29) is 24.0 Å². The van der Waals surface area contributed by atoms with Gasteiger partial charge in [0.25, 0.3) is 0 Å². The monoisotopic (exact) mass is 288 g/mol. The molecule has 0 saturated carbocycles. The van der Waals surface area contributed by atoms with Crippen LogP contribution in [-0.2, 0) is 0 Å². The number of halogens is 1. The fourth-order valence-electron chi connectivity index (χ4n) is 0.865. The summed E-state index contributed by atoms with van der Waals surface area (Å²) >= 11 is 1.63. The van der Waals surface area contributed by atoms with E-state index in [0.29, 0.717) is 6.17 Å². The molecule has 0 N–H and O–H groups in total. The molecule has 0 bridgehead atoms. The van der Waals surface area contributed by atoms with Gasteiger partial charge < -0.3 is 24.0 Å². The van der Waals surface area contributed by atoms with E-state index in [2.05, 4.69) is 44.2 Å². The molecule has 0 aromatic carbocycles. The number of thioether (sulfide) groups is 1. The van der Waals surface area contributed by atoms with Crippen molar-refractivity contribution in [1.82, 2.24) is 9.80 Å². The summed E-state index contributed by atoms with van der Waals surface area (Å²) in [7, 11) is 8.34. The Bertz CT molecular complexity index is 80.5. The van der Waals surface area contributed by atoms with Crippen LogP contribution in [0.5, 0.6) is 0 Å². The van der Waals surface area contributed by atoms with Crippen LogP contribution in [0.4, 0.5) is 0 Å². The summed E-state index contributed by atoms with van der Waals surface area (Å²) in [5.74, 6) is 1.06. The van der Waals surface area contributed by atoms with Gasteiger partial charge in [-0.05, 0) is 28.2 Å². The molecule has 2 nitrogen and oxygen atoms in total. The maximum absolute atomic E-state index is 3.75. The van der Waals surface area contributed by atoms with Gasteiger partial charge in [0, 0.05) is 0 Å². The lowest BCUT2D eigenvalue weighted by atomic mass is 10.5. The SMILES string of the molecule is [CH2+]SCC(N(C)C)N(C)C.[I-]. The van der Waals surface area contributed by atoms with Crippen LogP contribution in [0.25, 0.3) is 0 Å². The molecule has 0 heterocycles. The van der Waals surface area contributed by atoms with Gasteiger partial charge in [-0.25, -0.2) is 0 Å². The zero-order valence-corrected chi connectivity index (χ0v) is 10.6. The molecule has 0 spiro atoms. The van der Waals surface area contributed by atoms with Crippen LogP contribution >= 0.6 is 11.8 Å². The summed E-state index contributed by atoms with van der Waals surface area (Å²) in [6, 6.07) is 0. The van der Waals surface area contributed by atoms with Crippen LogP contribution in [0.2, 0.25) is 0 Å². The standard InChI is InChI=1S/C7H17N2S.HI/c1-8(2)7(6-10-5)9(3)4;/h7H,5-6H2,1-4H3;1H/q+1;/p-1. The molecule has 0 aromatic rings. The Morgan fingerprint density at radius 1 is 1.18 bits per heavy atom. The number of hydrogen-bond donors (Lipinski definition) is 0. The quantitative estimate of drug-likeness (QED) is 0.334. The lowest BCUT2D eigenvalue weighted by Gasteiger charge is -2.28. The van der Waals surface area contributed by atoms with Crippen LogP contribution in [0.3, 0.4) is 0 Å². The highest BCUT2D eigenvalue weighted by molar-refractivity contribution is 8.00. The third-order valence-electron chi connectivity index (χ3n) is 1.46. The lowest BCUT2D eigenvalue weighted by Crippen LogP contribution is -3.00. The second-order valence-electron chi connectivity index (χ2n) is 2.78. The van der Waals surface area contributed by atoms with Crippen molar-refractivity contribution < 1.29 is 24.0 Å². The molecule has 0 aliphatic rings. The lowest BCUT2D eigenvalue weighted by molar-refractivity contribution is -0.00000232. The third kappa shape index (κ3) is 6.07. The molecule has 0 radical (unpaired) electrons. The Balaban J connectivity index is 0. The van der Waals surface area contributed by atoms with E-state index in [1.165, 1.54) is 0 Å². The van der Waals surface area contributed by atoms with Gasteiger partial charge in [-0.3, -0.25) is 9.80 Å². The minimum Gasteiger partial charge on any atom is -1.00 e. The molecule has 0 aliphatic carbocycles. The van der Waals surface area contributed by atoms with Gasteiger partial charge >= 0.3 is 0 Å². The predicted molar refractivity (Wildman–Crippen MR) is 49.0 cm³/mol. The molecule has 0 atom stereocenters. The summed E-state index contributed by atoms with van der Waals surface area (Å²) in [4.78, 5) is 4.39. The maximum Gasteiger partial charge on any atom is 0.128 e. The van der Waals surface area contributed by atoms with Gasteiger partial charge in [-0.2, -0.15) is 0 Å². The first-order chi connectivity index (χ1) is 4.59. The summed E-state index contributed by atoms with van der Waals surface area (Å²) in [6.07, 6.45) is 4.26. The topological polar surface area (TPSA) is 6.48 Å². The first-order valence-electron chi connectivity index (χ1n) is 3.29. The van der Waals surface area contributed by atoms with E-state index >= 15 is 0 Å². The molecule has 0 amide bonds. The molecule has 0 rings (SSSR count). The largest absolute Gasteiger partial charge is 1.00 e. The van der Waals surface area contributed by atoms with Crippen LogP contribution in [0.1, 0.15) is 0 Å². The van der Waals surface area contributed by atoms with Crippen molar-refractivity contribution in [2.45, 2.75) is 6.17 Å². The van der Waals surface area contributed by atoms with Gasteiger partial charge in [0.1, 0.15) is 6.26 Å². The molecule has 11 heavy (non-hydrogen) atoms. The minimum absolute atomic E-state index is 0. The number of rotatable bonds is 4. The van der Waals surface area contributed by atoms with Crippen molar-refractivity contribution >= 4 is 11.8 Å². The second kappa shape index (κ2) is 7.52. The smallest absolute Gasteiger partial charge is 0.128 e. The first kappa shape index (κ1) is 14.4. The van der Waals surface area contributed by atoms with Gasteiger partial charge in [0.2, 0.25) is 0 Å². The molecule has 0 unspecified atom stereocenters. The Morgan fingerprint density at radius 3 is 1.64 bits per heavy atom. The van der Waals surface area contributed by atoms with Crippen molar-refractivity contribution in [2.75, 3.05) is 33.9 Å². The molecule has 4 heteroatoms. The third-order valence-corrected chi connectivity index (χ3v) is 1.99. The number of nitrogens with zero attached hydrogens (tertiary/aromatic N) is 2. The number of hydrogen-bond acceptors (Lipinski definition) is 3. The molecule has 0 aromatic heterocycles. The Kier molecular flexibility index (Phi) is 9.84. The molecular formula is C7H17IN2S. The van der Waals surface area contributed by atoms with Gasteiger partial charge in [0.05, 0.1) is 23.7 Å². The van der Waals surface area contributed by atoms with E-state index in [0.717, 1.165) is 5.75 Å². The Morgan fingerprint density at radius 2 is 1.55 bits per heavy atom. The van der Waals surface area contributed by atoms with Crippen molar-refractivity contribution in [2.24, 2.45) is 0 Å². The highest BCUT2D eigenvalue weighted by Crippen LogP contribution is 2.05. The molecule has 0 saturated heterocycles. The highest BCUT2D eigenvalue weighted by atomic mass is 127. The van der Waals surface area contributed by atoms with Crippen molar-refractivity contribution in [3.63, 3.8) is 0 Å². The van der Waals surface area contributed by atoms with Crippen molar-refractivity contribution in [3.8, 4) is 0 Å². The molecule has 0 fully saturated rings. The summed E-state index contributed by atoms with van der Waals surface area (Å²) < 4.78 is 0. The van der Waals surface area contributed by atoms with Crippen molar-refractivity contribution in [1.29, 1.82) is 0 Å². The molecule has 0 aliphatic heterocycles. The van der Waals surface area contributed by atoms with Gasteiger partial charge in [-0.15, -0.1) is 0 Å². The summed E-state index contributed by atoms with van der Waals surface area (Å²) in [5, 5.41) is 0. The van der Waals surface area contributed by atoms with Crippen LogP contribution in [-0.4, -0.2) is 49.9 Å². The summed E-state index contributed by atoms with van der Waals surface area (Å²) in [6.45, 7) is 0. The predicted octanol–water partition coefficient (Wildman–Crippen LogP) is -2.04. The van der Waals surface area contributed by atoms with E-state index < -0.39 is 0 Å². The minimum atomic E-state index is 0. The van der Waals surface area contributed by atoms with Crippen LogP contribution < -0.4 is 24.0 Å². The Labute approximate surface area is 91.7 Å². The second-order valence-corrected chi connectivity index (χ2v) is 3.52. The molecule has 68 valence electrons. The van der Waals surface area contributed by atoms with Gasteiger partial charge in [0.15, 0.2) is 0 Å². The van der Waals surface area contributed by atoms with E-state index in [4.69, 9.17) is 0 Å². The fourth-order valence-corrected chi connectivity index (χ4v) is 1.67. The fraction of sp³-hybridized carbons (Fsp3) is 0.857. The zero-order chi connectivity index (χ0) is 8.15. The zero-order valence-electron chi connectivity index (χ0n) is 7.67. The normalized spacial score (nSPS) is 10.8. The highest BCUT2D eigenvalue weighted by Gasteiger charge is 2.13. The van der Waals surface area contributed by atoms with E-state index in [9.17, 15) is 0 Å². The van der Waals surface area contributed by atoms with Crippen LogP contribution in [0.15, 0.2) is 0 Å². The van der Waals surface area contributed by atoms with Crippen LogP contribution in [0, 0.1) is 6.26 Å². The van der Waals surface area contributed by atoms with Crippen molar-refractivity contribution in [3.05, 3.63) is 6.26 Å². The van der Waals surface area contributed by atoms with Gasteiger partial charge in [-0.1, -0.05) is 0 Å². The molecular weight excluding hydrogens is 271 g/mol. The Hall–Kier alpha value is 0.870. The average molecular weight is 288 g/mol. The average Bonchev–Trinajstić information content (AvgIpc) is 1.81. The maximum atomic E-state index is 3.75. The summed E-state index contributed by atoms with van der Waals surface area (Å²) in [5.41, 5.74) is 0. The van der Waals surface area contributed by atoms with E-state index in [1.54, 1.807) is 11.8 Å².